The number of nitrogens with zero attached hydrogens (tertiary/aromatic N) is 1. The lowest BCUT2D eigenvalue weighted by Crippen LogP contribution is -1.68. The van der Waals surface area contributed by atoms with E-state index in [1.54, 1.807) is 18.2 Å². The Kier molecular flexibility index (Phi) is 1.37. The van der Waals surface area contributed by atoms with E-state index in [2.05, 4.69) is 11.6 Å². The first-order chi connectivity index (χ1) is 5.79. The van der Waals surface area contributed by atoms with Crippen molar-refractivity contribution in [1.82, 2.24) is 4.98 Å². The van der Waals surface area contributed by atoms with Crippen LogP contribution < -0.4 is 0 Å². The standard InChI is InChI=1S/C9H7NO2/c1-2-9-10-7-5-6(11)3-4-8(7)12-9/h2-5,11H,1H2. The van der Waals surface area contributed by atoms with Crippen molar-refractivity contribution in [2.75, 3.05) is 0 Å². The molecule has 0 aliphatic rings. The minimum absolute atomic E-state index is 0.186. The van der Waals surface area contributed by atoms with Gasteiger partial charge in [-0.25, -0.2) is 4.98 Å². The zero-order valence-electron chi connectivity index (χ0n) is 6.32. The minimum atomic E-state index is 0.186. The number of benzene rings is 1. The highest BCUT2D eigenvalue weighted by Gasteiger charge is 2.02. The molecule has 0 amide bonds. The molecule has 0 saturated carbocycles. The number of phenolic OH excluding ortho intramolecular Hbond substituents is 1. The molecule has 0 atom stereocenters. The van der Waals surface area contributed by atoms with Crippen LogP contribution in [0.15, 0.2) is 29.2 Å². The molecule has 0 spiro atoms. The highest BCUT2D eigenvalue weighted by Crippen LogP contribution is 2.20. The van der Waals surface area contributed by atoms with Crippen LogP contribution in [0.25, 0.3) is 17.2 Å². The van der Waals surface area contributed by atoms with Crippen molar-refractivity contribution in [1.29, 1.82) is 0 Å². The van der Waals surface area contributed by atoms with E-state index in [-0.39, 0.29) is 5.75 Å². The molecule has 0 aliphatic carbocycles. The Hall–Kier alpha value is -1.77. The first-order valence-electron chi connectivity index (χ1n) is 3.51. The third kappa shape index (κ3) is 0.955. The summed E-state index contributed by atoms with van der Waals surface area (Å²) in [5.74, 6) is 0.655. The van der Waals surface area contributed by atoms with Crippen molar-refractivity contribution in [2.24, 2.45) is 0 Å². The molecule has 0 unspecified atom stereocenters. The van der Waals surface area contributed by atoms with Crippen LogP contribution in [0, 0.1) is 0 Å². The Labute approximate surface area is 69.0 Å². The summed E-state index contributed by atoms with van der Waals surface area (Å²) in [5, 5.41) is 9.10. The van der Waals surface area contributed by atoms with Gasteiger partial charge >= 0.3 is 0 Å². The van der Waals surface area contributed by atoms with Crippen molar-refractivity contribution in [2.45, 2.75) is 0 Å². The molecule has 12 heavy (non-hydrogen) atoms. The lowest BCUT2D eigenvalue weighted by atomic mass is 10.3. The van der Waals surface area contributed by atoms with E-state index < -0.39 is 0 Å². The Balaban J connectivity index is 2.75. The first kappa shape index (κ1) is 6.91. The number of aromatic nitrogens is 1. The maximum atomic E-state index is 9.10. The zero-order valence-corrected chi connectivity index (χ0v) is 6.32. The van der Waals surface area contributed by atoms with Crippen LogP contribution in [0.3, 0.4) is 0 Å². The zero-order chi connectivity index (χ0) is 8.55. The fourth-order valence-corrected chi connectivity index (χ4v) is 1.02. The summed E-state index contributed by atoms with van der Waals surface area (Å²) >= 11 is 0. The van der Waals surface area contributed by atoms with Crippen molar-refractivity contribution >= 4 is 17.2 Å². The number of fused-ring (bicyclic) bond motifs is 1. The molecule has 1 aromatic carbocycles. The summed E-state index contributed by atoms with van der Waals surface area (Å²) in [6.45, 7) is 3.53. The molecule has 0 fully saturated rings. The smallest absolute Gasteiger partial charge is 0.219 e. The average molecular weight is 161 g/mol. The summed E-state index contributed by atoms with van der Waals surface area (Å²) in [6.07, 6.45) is 1.52. The van der Waals surface area contributed by atoms with Gasteiger partial charge in [0, 0.05) is 6.07 Å². The molecule has 0 saturated heterocycles. The van der Waals surface area contributed by atoms with Crippen LogP contribution in [-0.4, -0.2) is 10.1 Å². The van der Waals surface area contributed by atoms with Crippen LogP contribution in [0.1, 0.15) is 5.89 Å². The molecule has 3 heteroatoms. The SMILES string of the molecule is C=Cc1nc2cc(O)ccc2o1. The van der Waals surface area contributed by atoms with Gasteiger partial charge in [0.15, 0.2) is 5.58 Å². The number of phenols is 1. The van der Waals surface area contributed by atoms with Gasteiger partial charge in [0.1, 0.15) is 11.3 Å². The van der Waals surface area contributed by atoms with Gasteiger partial charge in [-0.15, -0.1) is 0 Å². The summed E-state index contributed by atoms with van der Waals surface area (Å²) < 4.78 is 5.23. The average Bonchev–Trinajstić information content (AvgIpc) is 2.46. The lowest BCUT2D eigenvalue weighted by Gasteiger charge is -1.86. The summed E-state index contributed by atoms with van der Waals surface area (Å²) in [4.78, 5) is 4.05. The van der Waals surface area contributed by atoms with E-state index in [9.17, 15) is 0 Å². The van der Waals surface area contributed by atoms with Crippen LogP contribution in [0.4, 0.5) is 0 Å². The van der Waals surface area contributed by atoms with Gasteiger partial charge in [-0.1, -0.05) is 6.58 Å². The predicted molar refractivity (Wildman–Crippen MR) is 45.8 cm³/mol. The van der Waals surface area contributed by atoms with Gasteiger partial charge in [0.25, 0.3) is 0 Å². The summed E-state index contributed by atoms with van der Waals surface area (Å²) in [5.41, 5.74) is 1.30. The van der Waals surface area contributed by atoms with Gasteiger partial charge in [0.05, 0.1) is 0 Å². The maximum absolute atomic E-state index is 9.10. The molecule has 1 N–H and O–H groups in total. The first-order valence-corrected chi connectivity index (χ1v) is 3.51. The molecule has 1 heterocycles. The lowest BCUT2D eigenvalue weighted by molar-refractivity contribution is 0.476. The Morgan fingerprint density at radius 3 is 3.08 bits per heavy atom. The molecular formula is C9H7NO2. The third-order valence-electron chi connectivity index (χ3n) is 1.56. The van der Waals surface area contributed by atoms with Crippen LogP contribution >= 0.6 is 0 Å². The van der Waals surface area contributed by atoms with Gasteiger partial charge in [0.2, 0.25) is 5.89 Å². The number of hydrogen-bond donors (Lipinski definition) is 1. The van der Waals surface area contributed by atoms with E-state index in [1.165, 1.54) is 6.08 Å². The van der Waals surface area contributed by atoms with E-state index >= 15 is 0 Å². The van der Waals surface area contributed by atoms with Gasteiger partial charge < -0.3 is 9.52 Å². The third-order valence-corrected chi connectivity index (χ3v) is 1.56. The van der Waals surface area contributed by atoms with Crippen LogP contribution in [0.5, 0.6) is 5.75 Å². The van der Waals surface area contributed by atoms with Crippen molar-refractivity contribution in [3.8, 4) is 5.75 Å². The monoisotopic (exact) mass is 161 g/mol. The maximum Gasteiger partial charge on any atom is 0.219 e. The molecule has 3 nitrogen and oxygen atoms in total. The predicted octanol–water partition coefficient (Wildman–Crippen LogP) is 2.18. The number of hydrogen-bond acceptors (Lipinski definition) is 3. The van der Waals surface area contributed by atoms with Crippen molar-refractivity contribution < 1.29 is 9.52 Å². The van der Waals surface area contributed by atoms with E-state index in [0.29, 0.717) is 17.0 Å². The Bertz CT molecular complexity index is 431. The van der Waals surface area contributed by atoms with Crippen LogP contribution in [-0.2, 0) is 0 Å². The second-order valence-electron chi connectivity index (χ2n) is 2.41. The van der Waals surface area contributed by atoms with Gasteiger partial charge in [-0.05, 0) is 18.2 Å². The Morgan fingerprint density at radius 1 is 1.50 bits per heavy atom. The molecular weight excluding hydrogens is 154 g/mol. The fourth-order valence-electron chi connectivity index (χ4n) is 1.02. The van der Waals surface area contributed by atoms with E-state index in [0.717, 1.165) is 0 Å². The fraction of sp³-hybridized carbons (Fsp3) is 0. The van der Waals surface area contributed by atoms with E-state index in [4.69, 9.17) is 9.52 Å². The van der Waals surface area contributed by atoms with Crippen molar-refractivity contribution in [3.63, 3.8) is 0 Å². The summed E-state index contributed by atoms with van der Waals surface area (Å²) in [7, 11) is 0. The molecule has 2 aromatic rings. The van der Waals surface area contributed by atoms with Crippen LogP contribution in [0.2, 0.25) is 0 Å². The Morgan fingerprint density at radius 2 is 2.33 bits per heavy atom. The quantitative estimate of drug-likeness (QED) is 0.697. The molecule has 0 bridgehead atoms. The topological polar surface area (TPSA) is 46.3 Å². The molecule has 0 radical (unpaired) electrons. The largest absolute Gasteiger partial charge is 0.508 e. The number of rotatable bonds is 1. The minimum Gasteiger partial charge on any atom is -0.508 e. The second-order valence-corrected chi connectivity index (χ2v) is 2.41. The molecule has 60 valence electrons. The molecule has 2 rings (SSSR count). The molecule has 0 aliphatic heterocycles. The highest BCUT2D eigenvalue weighted by molar-refractivity contribution is 5.75. The normalized spacial score (nSPS) is 10.3. The molecule has 1 aromatic heterocycles. The van der Waals surface area contributed by atoms with E-state index in [1.807, 2.05) is 0 Å². The number of oxazole rings is 1. The van der Waals surface area contributed by atoms with Crippen molar-refractivity contribution in [3.05, 3.63) is 30.7 Å². The number of aromatic hydroxyl groups is 1. The van der Waals surface area contributed by atoms with Gasteiger partial charge in [-0.3, -0.25) is 0 Å². The van der Waals surface area contributed by atoms with Gasteiger partial charge in [-0.2, -0.15) is 0 Å². The second kappa shape index (κ2) is 2.37. The highest BCUT2D eigenvalue weighted by atomic mass is 16.3. The summed E-state index contributed by atoms with van der Waals surface area (Å²) in [6, 6.07) is 4.77.